The molecule has 0 bridgehead atoms. The third-order valence-corrected chi connectivity index (χ3v) is 3.15. The second-order valence-electron chi connectivity index (χ2n) is 5.52. The molecular formula is C17H22N4O. The zero-order valence-corrected chi connectivity index (χ0v) is 13.3. The number of nitrogens with one attached hydrogen (secondary N) is 2. The Labute approximate surface area is 131 Å². The minimum absolute atomic E-state index is 0.109. The lowest BCUT2D eigenvalue weighted by Crippen LogP contribution is -2.31. The largest absolute Gasteiger partial charge is 0.354 e. The Morgan fingerprint density at radius 3 is 2.73 bits per heavy atom. The number of carbonyl (C=O) groups is 1. The van der Waals surface area contributed by atoms with Gasteiger partial charge in [-0.15, -0.1) is 0 Å². The van der Waals surface area contributed by atoms with Gasteiger partial charge in [-0.1, -0.05) is 12.1 Å². The first-order valence-electron chi connectivity index (χ1n) is 7.26. The van der Waals surface area contributed by atoms with Crippen LogP contribution in [0.4, 0.5) is 11.4 Å². The maximum Gasteiger partial charge on any atom is 0.252 e. The van der Waals surface area contributed by atoms with Crippen molar-refractivity contribution in [1.29, 1.82) is 0 Å². The van der Waals surface area contributed by atoms with Crippen LogP contribution in [-0.4, -0.2) is 43.0 Å². The van der Waals surface area contributed by atoms with E-state index in [0.29, 0.717) is 12.1 Å². The van der Waals surface area contributed by atoms with Crippen LogP contribution in [0.3, 0.4) is 0 Å². The van der Waals surface area contributed by atoms with Gasteiger partial charge in [0.25, 0.3) is 5.91 Å². The normalized spacial score (nSPS) is 10.5. The Morgan fingerprint density at radius 1 is 1.18 bits per heavy atom. The lowest BCUT2D eigenvalue weighted by Gasteiger charge is -2.11. The van der Waals surface area contributed by atoms with Crippen molar-refractivity contribution in [3.63, 3.8) is 0 Å². The molecule has 0 radical (unpaired) electrons. The monoisotopic (exact) mass is 298 g/mol. The van der Waals surface area contributed by atoms with Gasteiger partial charge in [-0.3, -0.25) is 9.78 Å². The minimum Gasteiger partial charge on any atom is -0.354 e. The van der Waals surface area contributed by atoms with E-state index < -0.39 is 0 Å². The number of likely N-dealkylation sites (N-methyl/N-ethyl adjacent to an activating group) is 1. The molecule has 5 nitrogen and oxygen atoms in total. The number of benzene rings is 1. The molecule has 0 fully saturated rings. The number of hydrogen-bond acceptors (Lipinski definition) is 4. The van der Waals surface area contributed by atoms with E-state index in [0.717, 1.165) is 17.9 Å². The van der Waals surface area contributed by atoms with Gasteiger partial charge in [-0.2, -0.15) is 0 Å². The number of nitrogens with zero attached hydrogens (tertiary/aromatic N) is 2. The van der Waals surface area contributed by atoms with Crippen molar-refractivity contribution in [3.8, 4) is 0 Å². The van der Waals surface area contributed by atoms with E-state index in [2.05, 4.69) is 15.6 Å². The van der Waals surface area contributed by atoms with Crippen molar-refractivity contribution in [2.24, 2.45) is 0 Å². The molecule has 0 saturated carbocycles. The van der Waals surface area contributed by atoms with Gasteiger partial charge in [0.15, 0.2) is 0 Å². The predicted molar refractivity (Wildman–Crippen MR) is 89.6 cm³/mol. The topological polar surface area (TPSA) is 57.3 Å². The standard InChI is InChI=1S/C17H22N4O/c1-13-5-4-6-15(9-13)20-16-10-14(11-18-12-16)17(22)19-7-8-21(2)3/h4-6,9-12,20H,7-8H2,1-3H3,(H,19,22). The van der Waals surface area contributed by atoms with Gasteiger partial charge in [0.05, 0.1) is 17.4 Å². The van der Waals surface area contributed by atoms with E-state index in [-0.39, 0.29) is 5.91 Å². The van der Waals surface area contributed by atoms with Crippen LogP contribution in [0.2, 0.25) is 0 Å². The minimum atomic E-state index is -0.109. The first-order valence-corrected chi connectivity index (χ1v) is 7.26. The third kappa shape index (κ3) is 4.86. The van der Waals surface area contributed by atoms with Gasteiger partial charge >= 0.3 is 0 Å². The number of aryl methyl sites for hydroxylation is 1. The van der Waals surface area contributed by atoms with Crippen molar-refractivity contribution < 1.29 is 4.79 Å². The zero-order valence-electron chi connectivity index (χ0n) is 13.3. The van der Waals surface area contributed by atoms with Gasteiger partial charge in [-0.25, -0.2) is 0 Å². The first-order chi connectivity index (χ1) is 10.5. The quantitative estimate of drug-likeness (QED) is 0.860. The summed E-state index contributed by atoms with van der Waals surface area (Å²) in [5.41, 5.74) is 3.50. The predicted octanol–water partition coefficient (Wildman–Crippen LogP) is 2.43. The fraction of sp³-hybridized carbons (Fsp3) is 0.294. The van der Waals surface area contributed by atoms with Crippen molar-refractivity contribution in [2.45, 2.75) is 6.92 Å². The van der Waals surface area contributed by atoms with E-state index in [4.69, 9.17) is 0 Å². The number of pyridine rings is 1. The van der Waals surface area contributed by atoms with E-state index in [9.17, 15) is 4.79 Å². The molecule has 0 unspecified atom stereocenters. The summed E-state index contributed by atoms with van der Waals surface area (Å²) in [5.74, 6) is -0.109. The average molecular weight is 298 g/mol. The summed E-state index contributed by atoms with van der Waals surface area (Å²) in [6.45, 7) is 3.46. The Hall–Kier alpha value is -2.40. The molecule has 0 spiro atoms. The fourth-order valence-electron chi connectivity index (χ4n) is 2.02. The van der Waals surface area contributed by atoms with Crippen LogP contribution >= 0.6 is 0 Å². The highest BCUT2D eigenvalue weighted by Gasteiger charge is 2.07. The molecule has 22 heavy (non-hydrogen) atoms. The first kappa shape index (κ1) is 16.0. The Balaban J connectivity index is 2.01. The van der Waals surface area contributed by atoms with Crippen LogP contribution in [0.1, 0.15) is 15.9 Å². The SMILES string of the molecule is Cc1cccc(Nc2cncc(C(=O)NCCN(C)C)c2)c1. The van der Waals surface area contributed by atoms with Gasteiger partial charge in [0.2, 0.25) is 0 Å². The van der Waals surface area contributed by atoms with Crippen LogP contribution in [0.25, 0.3) is 0 Å². The molecule has 2 N–H and O–H groups in total. The molecule has 0 aliphatic heterocycles. The molecule has 0 atom stereocenters. The number of rotatable bonds is 6. The summed E-state index contributed by atoms with van der Waals surface area (Å²) in [7, 11) is 3.94. The zero-order chi connectivity index (χ0) is 15.9. The number of aromatic nitrogens is 1. The van der Waals surface area contributed by atoms with Crippen LogP contribution in [0.15, 0.2) is 42.7 Å². The summed E-state index contributed by atoms with van der Waals surface area (Å²) >= 11 is 0. The highest BCUT2D eigenvalue weighted by molar-refractivity contribution is 5.94. The van der Waals surface area contributed by atoms with Gasteiger partial charge in [0, 0.05) is 25.0 Å². The summed E-state index contributed by atoms with van der Waals surface area (Å²) < 4.78 is 0. The lowest BCUT2D eigenvalue weighted by atomic mass is 10.2. The van der Waals surface area contributed by atoms with Crippen molar-refractivity contribution in [3.05, 3.63) is 53.9 Å². The number of anilines is 2. The third-order valence-electron chi connectivity index (χ3n) is 3.15. The Bertz CT molecular complexity index is 640. The smallest absolute Gasteiger partial charge is 0.252 e. The molecule has 5 heteroatoms. The molecule has 1 amide bonds. The fourth-order valence-corrected chi connectivity index (χ4v) is 2.02. The molecule has 2 rings (SSSR count). The van der Waals surface area contributed by atoms with E-state index in [1.165, 1.54) is 5.56 Å². The highest BCUT2D eigenvalue weighted by Crippen LogP contribution is 2.17. The maximum atomic E-state index is 12.1. The van der Waals surface area contributed by atoms with Crippen LogP contribution < -0.4 is 10.6 Å². The van der Waals surface area contributed by atoms with Gasteiger partial charge in [0.1, 0.15) is 0 Å². The van der Waals surface area contributed by atoms with Gasteiger partial charge in [-0.05, 0) is 44.8 Å². The highest BCUT2D eigenvalue weighted by atomic mass is 16.1. The number of hydrogen-bond donors (Lipinski definition) is 2. The molecule has 1 heterocycles. The Morgan fingerprint density at radius 2 is 2.00 bits per heavy atom. The summed E-state index contributed by atoms with van der Waals surface area (Å²) in [6, 6.07) is 9.86. The summed E-state index contributed by atoms with van der Waals surface area (Å²) in [5, 5.41) is 6.15. The number of carbonyl (C=O) groups excluding carboxylic acids is 1. The summed E-state index contributed by atoms with van der Waals surface area (Å²) in [4.78, 5) is 18.2. The van der Waals surface area contributed by atoms with Crippen LogP contribution in [0, 0.1) is 6.92 Å². The van der Waals surface area contributed by atoms with E-state index >= 15 is 0 Å². The van der Waals surface area contributed by atoms with Crippen LogP contribution in [-0.2, 0) is 0 Å². The second kappa shape index (κ2) is 7.56. The average Bonchev–Trinajstić information content (AvgIpc) is 2.47. The molecule has 0 aliphatic carbocycles. The van der Waals surface area contributed by atoms with E-state index in [1.807, 2.05) is 50.2 Å². The summed E-state index contributed by atoms with van der Waals surface area (Å²) in [6.07, 6.45) is 3.28. The number of amides is 1. The second-order valence-corrected chi connectivity index (χ2v) is 5.52. The van der Waals surface area contributed by atoms with Crippen molar-refractivity contribution in [1.82, 2.24) is 15.2 Å². The lowest BCUT2D eigenvalue weighted by molar-refractivity contribution is 0.0950. The van der Waals surface area contributed by atoms with Crippen molar-refractivity contribution >= 4 is 17.3 Å². The molecule has 1 aromatic heterocycles. The molecule has 116 valence electrons. The van der Waals surface area contributed by atoms with E-state index in [1.54, 1.807) is 18.5 Å². The molecule has 1 aromatic carbocycles. The molecule has 2 aromatic rings. The van der Waals surface area contributed by atoms with Crippen LogP contribution in [0.5, 0.6) is 0 Å². The van der Waals surface area contributed by atoms with Gasteiger partial charge < -0.3 is 15.5 Å². The maximum absolute atomic E-state index is 12.1. The Kier molecular flexibility index (Phi) is 5.49. The van der Waals surface area contributed by atoms with Crippen molar-refractivity contribution in [2.75, 3.05) is 32.5 Å². The molecular weight excluding hydrogens is 276 g/mol. The molecule has 0 saturated heterocycles. The molecule has 0 aliphatic rings.